The van der Waals surface area contributed by atoms with Crippen LogP contribution in [0.1, 0.15) is 33.6 Å². The summed E-state index contributed by atoms with van der Waals surface area (Å²) in [5, 5.41) is 9.71. The van der Waals surface area contributed by atoms with Gasteiger partial charge < -0.3 is 10.0 Å². The van der Waals surface area contributed by atoms with Crippen molar-refractivity contribution in [3.05, 3.63) is 0 Å². The van der Waals surface area contributed by atoms with Crippen LogP contribution in [0.5, 0.6) is 0 Å². The minimum atomic E-state index is -0.220. The third-order valence-corrected chi connectivity index (χ3v) is 2.84. The van der Waals surface area contributed by atoms with Crippen LogP contribution in [-0.4, -0.2) is 35.7 Å². The Hall–Kier alpha value is -0.0800. The Morgan fingerprint density at radius 3 is 1.91 bits per heavy atom. The number of hydrogen-bond donors (Lipinski definition) is 1. The molecule has 2 atom stereocenters. The van der Waals surface area contributed by atoms with Gasteiger partial charge in [0.25, 0.3) is 0 Å². The van der Waals surface area contributed by atoms with Gasteiger partial charge in [-0.15, -0.1) is 0 Å². The summed E-state index contributed by atoms with van der Waals surface area (Å²) in [5.41, 5.74) is -0.0608. The van der Waals surface area contributed by atoms with Crippen LogP contribution < -0.4 is 0 Å². The molecule has 11 heavy (non-hydrogen) atoms. The lowest BCUT2D eigenvalue weighted by atomic mass is 9.89. The van der Waals surface area contributed by atoms with Crippen molar-refractivity contribution in [1.82, 2.24) is 4.90 Å². The maximum atomic E-state index is 9.71. The molecular formula is C9H21NO. The van der Waals surface area contributed by atoms with E-state index in [0.717, 1.165) is 12.8 Å². The monoisotopic (exact) mass is 159 g/mol. The van der Waals surface area contributed by atoms with Crippen LogP contribution in [-0.2, 0) is 0 Å². The van der Waals surface area contributed by atoms with Crippen LogP contribution in [0, 0.1) is 0 Å². The third-order valence-electron chi connectivity index (χ3n) is 2.84. The number of likely N-dealkylation sites (N-methyl/N-ethyl adjacent to an activating group) is 1. The van der Waals surface area contributed by atoms with Gasteiger partial charge in [-0.05, 0) is 33.9 Å². The fourth-order valence-corrected chi connectivity index (χ4v) is 1.29. The summed E-state index contributed by atoms with van der Waals surface area (Å²) in [5.74, 6) is 0. The van der Waals surface area contributed by atoms with Gasteiger partial charge in [-0.25, -0.2) is 0 Å². The molecule has 0 aromatic carbocycles. The van der Waals surface area contributed by atoms with Gasteiger partial charge in [0.1, 0.15) is 0 Å². The third kappa shape index (κ3) is 2.17. The Morgan fingerprint density at radius 2 is 1.82 bits per heavy atom. The van der Waals surface area contributed by atoms with E-state index in [1.807, 2.05) is 21.0 Å². The fraction of sp³-hybridized carbons (Fsp3) is 1.00. The topological polar surface area (TPSA) is 23.5 Å². The van der Waals surface area contributed by atoms with E-state index in [4.69, 9.17) is 0 Å². The maximum absolute atomic E-state index is 9.71. The van der Waals surface area contributed by atoms with Crippen molar-refractivity contribution >= 4 is 0 Å². The van der Waals surface area contributed by atoms with Gasteiger partial charge in [0.05, 0.1) is 6.10 Å². The molecule has 0 saturated heterocycles. The Kier molecular flexibility index (Phi) is 4.04. The van der Waals surface area contributed by atoms with E-state index in [0.29, 0.717) is 0 Å². The molecule has 68 valence electrons. The molecule has 0 amide bonds. The first-order chi connectivity index (χ1) is 4.99. The van der Waals surface area contributed by atoms with Crippen LogP contribution in [0.4, 0.5) is 0 Å². The minimum absolute atomic E-state index is 0.0608. The number of aliphatic hydroxyl groups is 1. The quantitative estimate of drug-likeness (QED) is 0.671. The lowest BCUT2D eigenvalue weighted by Crippen LogP contribution is -2.50. The molecule has 0 rings (SSSR count). The van der Waals surface area contributed by atoms with Crippen molar-refractivity contribution in [2.45, 2.75) is 45.3 Å². The smallest absolute Gasteiger partial charge is 0.0718 e. The van der Waals surface area contributed by atoms with Crippen molar-refractivity contribution in [3.63, 3.8) is 0 Å². The average Bonchev–Trinajstić information content (AvgIpc) is 2.01. The lowest BCUT2D eigenvalue weighted by Gasteiger charge is -2.39. The second kappa shape index (κ2) is 4.07. The van der Waals surface area contributed by atoms with Crippen LogP contribution in [0.15, 0.2) is 0 Å². The first kappa shape index (κ1) is 10.9. The molecular weight excluding hydrogens is 138 g/mol. The first-order valence-electron chi connectivity index (χ1n) is 4.34. The summed E-state index contributed by atoms with van der Waals surface area (Å²) in [7, 11) is 4.03. The maximum Gasteiger partial charge on any atom is 0.0718 e. The first-order valence-corrected chi connectivity index (χ1v) is 4.34. The highest BCUT2D eigenvalue weighted by atomic mass is 16.3. The molecule has 1 N–H and O–H groups in total. The van der Waals surface area contributed by atoms with E-state index < -0.39 is 0 Å². The van der Waals surface area contributed by atoms with Gasteiger partial charge in [-0.3, -0.25) is 0 Å². The zero-order chi connectivity index (χ0) is 9.07. The van der Waals surface area contributed by atoms with Crippen molar-refractivity contribution in [2.24, 2.45) is 0 Å². The van der Waals surface area contributed by atoms with Crippen molar-refractivity contribution in [2.75, 3.05) is 14.1 Å². The summed E-state index contributed by atoms with van der Waals surface area (Å²) in [6, 6.07) is 0. The molecule has 0 aliphatic rings. The van der Waals surface area contributed by atoms with Gasteiger partial charge in [-0.2, -0.15) is 0 Å². The van der Waals surface area contributed by atoms with Gasteiger partial charge in [0, 0.05) is 5.54 Å². The van der Waals surface area contributed by atoms with E-state index in [-0.39, 0.29) is 11.6 Å². The van der Waals surface area contributed by atoms with Gasteiger partial charge in [0.2, 0.25) is 0 Å². The normalized spacial score (nSPS) is 19.9. The Bertz CT molecular complexity index is 114. The molecule has 0 heterocycles. The zero-order valence-electron chi connectivity index (χ0n) is 8.39. The van der Waals surface area contributed by atoms with Crippen LogP contribution in [0.2, 0.25) is 0 Å². The molecule has 0 saturated carbocycles. The van der Waals surface area contributed by atoms with Crippen molar-refractivity contribution < 1.29 is 5.11 Å². The highest BCUT2D eigenvalue weighted by molar-refractivity contribution is 4.88. The summed E-state index contributed by atoms with van der Waals surface area (Å²) < 4.78 is 0. The summed E-state index contributed by atoms with van der Waals surface area (Å²) in [6.45, 7) is 6.22. The van der Waals surface area contributed by atoms with Crippen molar-refractivity contribution in [3.8, 4) is 0 Å². The zero-order valence-corrected chi connectivity index (χ0v) is 8.39. The SMILES string of the molecule is CCC(O)C(C)(CC)N(C)C. The average molecular weight is 159 g/mol. The predicted octanol–water partition coefficient (Wildman–Crippen LogP) is 1.49. The molecule has 0 spiro atoms. The lowest BCUT2D eigenvalue weighted by molar-refractivity contribution is 0.000543. The van der Waals surface area contributed by atoms with E-state index in [9.17, 15) is 5.11 Å². The van der Waals surface area contributed by atoms with Crippen LogP contribution in [0.25, 0.3) is 0 Å². The molecule has 0 aliphatic heterocycles. The largest absolute Gasteiger partial charge is 0.391 e. The second-order valence-electron chi connectivity index (χ2n) is 3.53. The van der Waals surface area contributed by atoms with Crippen LogP contribution >= 0.6 is 0 Å². The van der Waals surface area contributed by atoms with Gasteiger partial charge >= 0.3 is 0 Å². The van der Waals surface area contributed by atoms with E-state index in [1.54, 1.807) is 0 Å². The Labute approximate surface area is 70.2 Å². The molecule has 0 aromatic heterocycles. The fourth-order valence-electron chi connectivity index (χ4n) is 1.29. The molecule has 0 fully saturated rings. The highest BCUT2D eigenvalue weighted by Crippen LogP contribution is 2.22. The summed E-state index contributed by atoms with van der Waals surface area (Å²) >= 11 is 0. The molecule has 0 bridgehead atoms. The number of rotatable bonds is 4. The molecule has 2 heteroatoms. The van der Waals surface area contributed by atoms with Crippen molar-refractivity contribution in [1.29, 1.82) is 0 Å². The molecule has 0 radical (unpaired) electrons. The molecule has 2 unspecified atom stereocenters. The number of hydrogen-bond acceptors (Lipinski definition) is 2. The van der Waals surface area contributed by atoms with Crippen LogP contribution in [0.3, 0.4) is 0 Å². The molecule has 0 aliphatic carbocycles. The standard InChI is InChI=1S/C9H21NO/c1-6-8(11)9(3,7-2)10(4)5/h8,11H,6-7H2,1-5H3. The second-order valence-corrected chi connectivity index (χ2v) is 3.53. The molecule has 2 nitrogen and oxygen atoms in total. The highest BCUT2D eigenvalue weighted by Gasteiger charge is 2.31. The Balaban J connectivity index is 4.32. The number of aliphatic hydroxyl groups excluding tert-OH is 1. The van der Waals surface area contributed by atoms with Gasteiger partial charge in [-0.1, -0.05) is 13.8 Å². The van der Waals surface area contributed by atoms with Gasteiger partial charge in [0.15, 0.2) is 0 Å². The number of nitrogens with zero attached hydrogens (tertiary/aromatic N) is 1. The predicted molar refractivity (Wildman–Crippen MR) is 48.7 cm³/mol. The summed E-state index contributed by atoms with van der Waals surface area (Å²) in [4.78, 5) is 2.10. The van der Waals surface area contributed by atoms with E-state index >= 15 is 0 Å². The Morgan fingerprint density at radius 1 is 1.36 bits per heavy atom. The van der Waals surface area contributed by atoms with E-state index in [1.165, 1.54) is 0 Å². The molecule has 0 aromatic rings. The minimum Gasteiger partial charge on any atom is -0.391 e. The van der Waals surface area contributed by atoms with E-state index in [2.05, 4.69) is 18.7 Å². The summed E-state index contributed by atoms with van der Waals surface area (Å²) in [6.07, 6.45) is 1.58.